The van der Waals surface area contributed by atoms with Gasteiger partial charge in [0.2, 0.25) is 0 Å². The van der Waals surface area contributed by atoms with Crippen molar-refractivity contribution in [2.75, 3.05) is 7.11 Å². The Morgan fingerprint density at radius 1 is 1.19 bits per heavy atom. The van der Waals surface area contributed by atoms with Crippen LogP contribution in [0.15, 0.2) is 36.4 Å². The quantitative estimate of drug-likeness (QED) is 0.884. The van der Waals surface area contributed by atoms with Gasteiger partial charge in [-0.05, 0) is 25.1 Å². The predicted molar refractivity (Wildman–Crippen MR) is 66.1 cm³/mol. The zero-order chi connectivity index (χ0) is 11.5. The van der Waals surface area contributed by atoms with E-state index in [1.54, 1.807) is 18.4 Å². The summed E-state index contributed by atoms with van der Waals surface area (Å²) in [5.41, 5.74) is 0.812. The summed E-state index contributed by atoms with van der Waals surface area (Å²) >= 11 is 1.60. The lowest BCUT2D eigenvalue weighted by atomic mass is 10.1. The van der Waals surface area contributed by atoms with Gasteiger partial charge in [-0.25, -0.2) is 0 Å². The van der Waals surface area contributed by atoms with Crippen LogP contribution >= 0.6 is 11.3 Å². The predicted octanol–water partition coefficient (Wildman–Crippen LogP) is 3.15. The number of aliphatic hydroxyl groups is 1. The van der Waals surface area contributed by atoms with E-state index in [0.29, 0.717) is 0 Å². The van der Waals surface area contributed by atoms with Gasteiger partial charge in [-0.1, -0.05) is 18.2 Å². The van der Waals surface area contributed by atoms with Crippen molar-refractivity contribution in [3.63, 3.8) is 0 Å². The Bertz CT molecular complexity index is 476. The first-order valence-electron chi connectivity index (χ1n) is 5.09. The van der Waals surface area contributed by atoms with E-state index in [4.69, 9.17) is 4.74 Å². The van der Waals surface area contributed by atoms with E-state index in [-0.39, 0.29) is 0 Å². The average molecular weight is 234 g/mol. The smallest absolute Gasteiger partial charge is 0.125 e. The fraction of sp³-hybridized carbons (Fsp3) is 0.231. The molecule has 1 unspecified atom stereocenters. The van der Waals surface area contributed by atoms with Crippen LogP contribution in [-0.2, 0) is 0 Å². The van der Waals surface area contributed by atoms with Crippen LogP contribution < -0.4 is 4.74 Å². The van der Waals surface area contributed by atoms with Gasteiger partial charge >= 0.3 is 0 Å². The molecule has 0 radical (unpaired) electrons. The second-order valence-corrected chi connectivity index (χ2v) is 4.91. The molecule has 0 fully saturated rings. The van der Waals surface area contributed by atoms with Crippen LogP contribution in [0.3, 0.4) is 0 Å². The summed E-state index contributed by atoms with van der Waals surface area (Å²) in [5.74, 6) is 0.723. The van der Waals surface area contributed by atoms with Gasteiger partial charge in [0.1, 0.15) is 11.9 Å². The van der Waals surface area contributed by atoms with Crippen LogP contribution in [0.5, 0.6) is 5.75 Å². The van der Waals surface area contributed by atoms with Crippen molar-refractivity contribution in [2.45, 2.75) is 13.0 Å². The maximum absolute atomic E-state index is 10.2. The number of aliphatic hydroxyl groups excluding tert-OH is 1. The number of thiophene rings is 1. The van der Waals surface area contributed by atoms with Crippen molar-refractivity contribution in [3.8, 4) is 5.75 Å². The fourth-order valence-electron chi connectivity index (χ4n) is 1.65. The fourth-order valence-corrected chi connectivity index (χ4v) is 2.53. The number of hydrogen-bond acceptors (Lipinski definition) is 3. The Morgan fingerprint density at radius 2 is 1.94 bits per heavy atom. The largest absolute Gasteiger partial charge is 0.496 e. The minimum atomic E-state index is -0.602. The lowest BCUT2D eigenvalue weighted by Gasteiger charge is -2.13. The Morgan fingerprint density at radius 3 is 2.56 bits per heavy atom. The van der Waals surface area contributed by atoms with Crippen molar-refractivity contribution in [3.05, 3.63) is 51.7 Å². The average Bonchev–Trinajstić information content (AvgIpc) is 2.75. The van der Waals surface area contributed by atoms with Gasteiger partial charge in [0.15, 0.2) is 0 Å². The van der Waals surface area contributed by atoms with Gasteiger partial charge in [-0.3, -0.25) is 0 Å². The highest BCUT2D eigenvalue weighted by atomic mass is 32.1. The molecule has 0 aliphatic rings. The molecule has 1 atom stereocenters. The minimum absolute atomic E-state index is 0.602. The molecule has 0 saturated heterocycles. The summed E-state index contributed by atoms with van der Waals surface area (Å²) in [7, 11) is 1.62. The molecule has 1 aromatic heterocycles. The van der Waals surface area contributed by atoms with Crippen LogP contribution in [0.2, 0.25) is 0 Å². The van der Waals surface area contributed by atoms with E-state index in [1.165, 1.54) is 4.88 Å². The van der Waals surface area contributed by atoms with Gasteiger partial charge in [0.05, 0.1) is 7.11 Å². The molecule has 0 aliphatic heterocycles. The van der Waals surface area contributed by atoms with Crippen LogP contribution in [0.25, 0.3) is 0 Å². The highest BCUT2D eigenvalue weighted by molar-refractivity contribution is 7.12. The molecule has 3 heteroatoms. The van der Waals surface area contributed by atoms with Crippen LogP contribution in [0.1, 0.15) is 21.4 Å². The lowest BCUT2D eigenvalue weighted by molar-refractivity contribution is 0.218. The molecule has 16 heavy (non-hydrogen) atoms. The molecule has 84 valence electrons. The van der Waals surface area contributed by atoms with Crippen LogP contribution in [-0.4, -0.2) is 12.2 Å². The van der Waals surface area contributed by atoms with Gasteiger partial charge in [0, 0.05) is 15.3 Å². The Hall–Kier alpha value is -1.32. The van der Waals surface area contributed by atoms with Gasteiger partial charge in [-0.2, -0.15) is 0 Å². The first kappa shape index (κ1) is 11.2. The number of aryl methyl sites for hydroxylation is 1. The van der Waals surface area contributed by atoms with Crippen molar-refractivity contribution < 1.29 is 9.84 Å². The number of ether oxygens (including phenoxy) is 1. The lowest BCUT2D eigenvalue weighted by Crippen LogP contribution is -2.00. The molecule has 0 amide bonds. The first-order valence-corrected chi connectivity index (χ1v) is 5.91. The molecule has 2 aromatic rings. The SMILES string of the molecule is COc1ccccc1C(O)c1ccc(C)s1. The molecular formula is C13H14O2S. The highest BCUT2D eigenvalue weighted by Crippen LogP contribution is 2.32. The summed E-state index contributed by atoms with van der Waals surface area (Å²) in [6, 6.07) is 11.5. The maximum atomic E-state index is 10.2. The van der Waals surface area contributed by atoms with E-state index in [2.05, 4.69) is 0 Å². The van der Waals surface area contributed by atoms with Crippen LogP contribution in [0, 0.1) is 6.92 Å². The van der Waals surface area contributed by atoms with E-state index < -0.39 is 6.10 Å². The summed E-state index contributed by atoms with van der Waals surface area (Å²) < 4.78 is 5.24. The first-order chi connectivity index (χ1) is 7.72. The number of rotatable bonds is 3. The van der Waals surface area contributed by atoms with Crippen molar-refractivity contribution in [1.82, 2.24) is 0 Å². The van der Waals surface area contributed by atoms with E-state index >= 15 is 0 Å². The molecule has 1 aromatic carbocycles. The maximum Gasteiger partial charge on any atom is 0.125 e. The Kier molecular flexibility index (Phi) is 3.27. The van der Waals surface area contributed by atoms with E-state index in [9.17, 15) is 5.11 Å². The van der Waals surface area contributed by atoms with Gasteiger partial charge in [0.25, 0.3) is 0 Å². The van der Waals surface area contributed by atoms with E-state index in [1.807, 2.05) is 43.3 Å². The molecule has 0 saturated carbocycles. The van der Waals surface area contributed by atoms with E-state index in [0.717, 1.165) is 16.2 Å². The second kappa shape index (κ2) is 4.68. The van der Waals surface area contributed by atoms with Crippen molar-refractivity contribution in [2.24, 2.45) is 0 Å². The Balaban J connectivity index is 2.36. The number of benzene rings is 1. The molecule has 0 spiro atoms. The highest BCUT2D eigenvalue weighted by Gasteiger charge is 2.16. The monoisotopic (exact) mass is 234 g/mol. The zero-order valence-electron chi connectivity index (χ0n) is 9.31. The topological polar surface area (TPSA) is 29.5 Å². The number of methoxy groups -OCH3 is 1. The summed E-state index contributed by atoms with van der Waals surface area (Å²) in [6.45, 7) is 2.03. The number of hydrogen-bond donors (Lipinski definition) is 1. The molecule has 2 nitrogen and oxygen atoms in total. The third kappa shape index (κ3) is 2.10. The number of para-hydroxylation sites is 1. The third-order valence-corrected chi connectivity index (χ3v) is 3.52. The van der Waals surface area contributed by atoms with Gasteiger partial charge < -0.3 is 9.84 Å². The molecular weight excluding hydrogens is 220 g/mol. The summed E-state index contributed by atoms with van der Waals surface area (Å²) in [5, 5.41) is 10.2. The van der Waals surface area contributed by atoms with Crippen molar-refractivity contribution >= 4 is 11.3 Å². The summed E-state index contributed by atoms with van der Waals surface area (Å²) in [6.07, 6.45) is -0.602. The molecule has 0 aliphatic carbocycles. The Labute approximate surface area is 99.1 Å². The van der Waals surface area contributed by atoms with Crippen molar-refractivity contribution in [1.29, 1.82) is 0 Å². The molecule has 1 N–H and O–H groups in total. The third-order valence-electron chi connectivity index (χ3n) is 2.46. The minimum Gasteiger partial charge on any atom is -0.496 e. The second-order valence-electron chi connectivity index (χ2n) is 3.59. The zero-order valence-corrected chi connectivity index (χ0v) is 10.1. The molecule has 2 rings (SSSR count). The van der Waals surface area contributed by atoms with Gasteiger partial charge in [-0.15, -0.1) is 11.3 Å². The molecule has 0 bridgehead atoms. The summed E-state index contributed by atoms with van der Waals surface area (Å²) in [4.78, 5) is 2.14. The molecule has 1 heterocycles. The normalized spacial score (nSPS) is 12.4. The van der Waals surface area contributed by atoms with Crippen LogP contribution in [0.4, 0.5) is 0 Å². The standard InChI is InChI=1S/C13H14O2S/c1-9-7-8-12(16-9)13(14)10-5-3-4-6-11(10)15-2/h3-8,13-14H,1-2H3.